The molecule has 2 rings (SSSR count). The van der Waals surface area contributed by atoms with E-state index >= 15 is 0 Å². The van der Waals surface area contributed by atoms with E-state index in [1.807, 2.05) is 0 Å². The molecule has 0 aliphatic rings. The molecule has 0 saturated heterocycles. The number of nitrogens with zero attached hydrogens (tertiary/aromatic N) is 3. The molecule has 0 fully saturated rings. The van der Waals surface area contributed by atoms with Gasteiger partial charge in [-0.2, -0.15) is 0 Å². The van der Waals surface area contributed by atoms with Crippen LogP contribution in [0.3, 0.4) is 0 Å². The lowest BCUT2D eigenvalue weighted by atomic mass is 10.4. The maximum absolute atomic E-state index is 11.5. The van der Waals surface area contributed by atoms with Crippen molar-refractivity contribution >= 4 is 11.6 Å². The molecule has 7 nitrogen and oxygen atoms in total. The predicted octanol–water partition coefficient (Wildman–Crippen LogP) is 0.725. The van der Waals surface area contributed by atoms with Crippen LogP contribution in [0.4, 0.5) is 5.69 Å². The van der Waals surface area contributed by atoms with Crippen molar-refractivity contribution in [2.24, 2.45) is 0 Å². The van der Waals surface area contributed by atoms with Crippen molar-refractivity contribution < 1.29 is 14.1 Å². The molecule has 0 aromatic carbocycles. The van der Waals surface area contributed by atoms with Crippen molar-refractivity contribution in [2.45, 2.75) is 0 Å². The van der Waals surface area contributed by atoms with E-state index in [-0.39, 0.29) is 11.8 Å². The van der Waals surface area contributed by atoms with Gasteiger partial charge in [0.05, 0.1) is 31.4 Å². The normalized spacial score (nSPS) is 9.81. The maximum atomic E-state index is 11.5. The zero-order chi connectivity index (χ0) is 11.4. The average Bonchev–Trinajstić information content (AvgIpc) is 2.83. The molecule has 2 aromatic heterocycles. The van der Waals surface area contributed by atoms with E-state index in [0.717, 1.165) is 0 Å². The maximum Gasteiger partial charge on any atom is 0.316 e. The van der Waals surface area contributed by atoms with Crippen LogP contribution in [0.25, 0.3) is 0 Å². The SMILES string of the molecule is COc1ncc(NC(=O)c2ccno2)cn1. The van der Waals surface area contributed by atoms with Crippen molar-refractivity contribution in [2.75, 3.05) is 12.4 Å². The second-order valence-corrected chi connectivity index (χ2v) is 2.79. The van der Waals surface area contributed by atoms with Gasteiger partial charge in [-0.05, 0) is 0 Å². The Labute approximate surface area is 90.4 Å². The first kappa shape index (κ1) is 10.1. The third kappa shape index (κ3) is 2.14. The first-order valence-corrected chi connectivity index (χ1v) is 4.37. The van der Waals surface area contributed by atoms with Gasteiger partial charge in [-0.3, -0.25) is 4.79 Å². The van der Waals surface area contributed by atoms with Crippen LogP contribution in [0.2, 0.25) is 0 Å². The van der Waals surface area contributed by atoms with Gasteiger partial charge in [-0.1, -0.05) is 5.16 Å². The minimum absolute atomic E-state index is 0.121. The standard InChI is InChI=1S/C9H8N4O3/c1-15-9-10-4-6(5-11-9)13-8(14)7-2-3-12-16-7/h2-5H,1H3,(H,13,14). The Hall–Kier alpha value is -2.44. The molecule has 2 heterocycles. The number of ether oxygens (including phenoxy) is 1. The highest BCUT2D eigenvalue weighted by Gasteiger charge is 2.10. The quantitative estimate of drug-likeness (QED) is 0.819. The summed E-state index contributed by atoms with van der Waals surface area (Å²) in [6.07, 6.45) is 4.25. The summed E-state index contributed by atoms with van der Waals surface area (Å²) in [6, 6.07) is 1.69. The molecule has 0 radical (unpaired) electrons. The third-order valence-electron chi connectivity index (χ3n) is 1.73. The van der Waals surface area contributed by atoms with E-state index in [2.05, 4.69) is 25.0 Å². The van der Waals surface area contributed by atoms with Crippen LogP contribution in [0, 0.1) is 0 Å². The summed E-state index contributed by atoms with van der Waals surface area (Å²) in [4.78, 5) is 19.2. The molecule has 0 spiro atoms. The van der Waals surface area contributed by atoms with E-state index in [1.54, 1.807) is 0 Å². The largest absolute Gasteiger partial charge is 0.467 e. The number of hydrogen-bond donors (Lipinski definition) is 1. The van der Waals surface area contributed by atoms with Crippen molar-refractivity contribution in [3.8, 4) is 6.01 Å². The predicted molar refractivity (Wildman–Crippen MR) is 53.0 cm³/mol. The number of anilines is 1. The van der Waals surface area contributed by atoms with Crippen LogP contribution in [-0.4, -0.2) is 28.1 Å². The lowest BCUT2D eigenvalue weighted by molar-refractivity contribution is 0.0988. The number of hydrogen-bond acceptors (Lipinski definition) is 6. The van der Waals surface area contributed by atoms with Gasteiger partial charge >= 0.3 is 6.01 Å². The van der Waals surface area contributed by atoms with E-state index in [4.69, 9.17) is 4.74 Å². The Morgan fingerprint density at radius 2 is 2.19 bits per heavy atom. The fourth-order valence-corrected chi connectivity index (χ4v) is 1.01. The Morgan fingerprint density at radius 1 is 1.44 bits per heavy atom. The van der Waals surface area contributed by atoms with Gasteiger partial charge in [-0.15, -0.1) is 0 Å². The van der Waals surface area contributed by atoms with Gasteiger partial charge in [0.25, 0.3) is 5.91 Å². The topological polar surface area (TPSA) is 90.1 Å². The van der Waals surface area contributed by atoms with Crippen LogP contribution in [0.15, 0.2) is 29.2 Å². The highest BCUT2D eigenvalue weighted by atomic mass is 16.5. The molecule has 2 aromatic rings. The molecule has 0 unspecified atom stereocenters. The summed E-state index contributed by atoms with van der Waals surface area (Å²) in [7, 11) is 1.46. The van der Waals surface area contributed by atoms with Crippen molar-refractivity contribution in [3.63, 3.8) is 0 Å². The molecule has 7 heteroatoms. The Bertz CT molecular complexity index is 466. The minimum Gasteiger partial charge on any atom is -0.467 e. The fourth-order valence-electron chi connectivity index (χ4n) is 1.01. The number of rotatable bonds is 3. The fraction of sp³-hybridized carbons (Fsp3) is 0.111. The molecule has 0 aliphatic carbocycles. The summed E-state index contributed by atoms with van der Waals surface area (Å²) in [5, 5.41) is 5.97. The summed E-state index contributed by atoms with van der Waals surface area (Å²) < 4.78 is 9.47. The molecule has 1 N–H and O–H groups in total. The summed E-state index contributed by atoms with van der Waals surface area (Å²) in [6.45, 7) is 0. The summed E-state index contributed by atoms with van der Waals surface area (Å²) in [5.41, 5.74) is 0.446. The number of amides is 1. The number of carbonyl (C=O) groups is 1. The van der Waals surface area contributed by atoms with Crippen LogP contribution < -0.4 is 10.1 Å². The first-order valence-electron chi connectivity index (χ1n) is 4.37. The lowest BCUT2D eigenvalue weighted by Gasteiger charge is -2.01. The highest BCUT2D eigenvalue weighted by molar-refractivity contribution is 6.01. The van der Waals surface area contributed by atoms with Gasteiger partial charge in [0.15, 0.2) is 0 Å². The second-order valence-electron chi connectivity index (χ2n) is 2.79. The molecule has 1 amide bonds. The molecule has 0 bridgehead atoms. The Balaban J connectivity index is 2.06. The van der Waals surface area contributed by atoms with Crippen molar-refractivity contribution in [3.05, 3.63) is 30.4 Å². The molecule has 0 saturated carbocycles. The number of nitrogens with one attached hydrogen (secondary N) is 1. The Morgan fingerprint density at radius 3 is 2.75 bits per heavy atom. The van der Waals surface area contributed by atoms with Crippen LogP contribution >= 0.6 is 0 Å². The van der Waals surface area contributed by atoms with E-state index in [9.17, 15) is 4.79 Å². The smallest absolute Gasteiger partial charge is 0.316 e. The zero-order valence-electron chi connectivity index (χ0n) is 8.38. The molecule has 16 heavy (non-hydrogen) atoms. The Kier molecular flexibility index (Phi) is 2.77. The van der Waals surface area contributed by atoms with E-state index in [1.165, 1.54) is 31.8 Å². The zero-order valence-corrected chi connectivity index (χ0v) is 8.38. The van der Waals surface area contributed by atoms with Gasteiger partial charge in [0.2, 0.25) is 5.76 Å². The van der Waals surface area contributed by atoms with Crippen molar-refractivity contribution in [1.82, 2.24) is 15.1 Å². The van der Waals surface area contributed by atoms with E-state index < -0.39 is 5.91 Å². The summed E-state index contributed by atoms with van der Waals surface area (Å²) >= 11 is 0. The second kappa shape index (κ2) is 4.39. The molecule has 0 atom stereocenters. The van der Waals surface area contributed by atoms with Crippen LogP contribution in [0.1, 0.15) is 10.6 Å². The van der Waals surface area contributed by atoms with Crippen molar-refractivity contribution in [1.29, 1.82) is 0 Å². The van der Waals surface area contributed by atoms with Crippen LogP contribution in [0.5, 0.6) is 6.01 Å². The van der Waals surface area contributed by atoms with Crippen LogP contribution in [-0.2, 0) is 0 Å². The number of aromatic nitrogens is 3. The monoisotopic (exact) mass is 220 g/mol. The molecule has 0 aliphatic heterocycles. The van der Waals surface area contributed by atoms with Gasteiger partial charge in [-0.25, -0.2) is 9.97 Å². The first-order chi connectivity index (χ1) is 7.79. The van der Waals surface area contributed by atoms with Gasteiger partial charge in [0, 0.05) is 6.07 Å². The molecule has 82 valence electrons. The number of methoxy groups -OCH3 is 1. The van der Waals surface area contributed by atoms with Gasteiger partial charge in [0.1, 0.15) is 0 Å². The average molecular weight is 220 g/mol. The minimum atomic E-state index is -0.411. The molecular weight excluding hydrogens is 212 g/mol. The molecular formula is C9H8N4O3. The van der Waals surface area contributed by atoms with Gasteiger partial charge < -0.3 is 14.6 Å². The lowest BCUT2D eigenvalue weighted by Crippen LogP contribution is -2.11. The number of carbonyl (C=O) groups excluding carboxylic acids is 1. The highest BCUT2D eigenvalue weighted by Crippen LogP contribution is 2.08. The van der Waals surface area contributed by atoms with E-state index in [0.29, 0.717) is 5.69 Å². The summed E-state index contributed by atoms with van der Waals surface area (Å²) in [5.74, 6) is -0.290. The third-order valence-corrected chi connectivity index (χ3v) is 1.73.